The second-order valence-corrected chi connectivity index (χ2v) is 9.32. The van der Waals surface area contributed by atoms with Crippen LogP contribution in [0.3, 0.4) is 0 Å². The van der Waals surface area contributed by atoms with Crippen LogP contribution >= 0.6 is 11.3 Å². The van der Waals surface area contributed by atoms with Crippen LogP contribution in [0.5, 0.6) is 0 Å². The Bertz CT molecular complexity index is 1360. The van der Waals surface area contributed by atoms with Gasteiger partial charge in [-0.05, 0) is 37.1 Å². The van der Waals surface area contributed by atoms with E-state index < -0.39 is 5.41 Å². The van der Waals surface area contributed by atoms with E-state index in [4.69, 9.17) is 0 Å². The molecule has 0 spiro atoms. The summed E-state index contributed by atoms with van der Waals surface area (Å²) in [4.78, 5) is 26.5. The summed E-state index contributed by atoms with van der Waals surface area (Å²) in [6.07, 6.45) is 5.20. The summed E-state index contributed by atoms with van der Waals surface area (Å²) in [5.41, 5.74) is 2.38. The number of rotatable bonds is 3. The third kappa shape index (κ3) is 3.91. The van der Waals surface area contributed by atoms with Gasteiger partial charge in [-0.1, -0.05) is 32.9 Å². The first-order valence-electron chi connectivity index (χ1n) is 9.52. The molecule has 0 atom stereocenters. The molecule has 0 bridgehead atoms. The van der Waals surface area contributed by atoms with E-state index in [9.17, 15) is 14.9 Å². The number of ketones is 1. The highest BCUT2D eigenvalue weighted by atomic mass is 32.1. The highest BCUT2D eigenvalue weighted by Gasteiger charge is 2.27. The van der Waals surface area contributed by atoms with Crippen molar-refractivity contribution in [3.05, 3.63) is 66.8 Å². The smallest absolute Gasteiger partial charge is 0.273 e. The van der Waals surface area contributed by atoms with Crippen LogP contribution in [-0.4, -0.2) is 20.1 Å². The van der Waals surface area contributed by atoms with Crippen LogP contribution in [0.1, 0.15) is 37.5 Å². The van der Waals surface area contributed by atoms with Gasteiger partial charge in [-0.15, -0.1) is 11.3 Å². The van der Waals surface area contributed by atoms with Crippen LogP contribution in [0, 0.1) is 30.6 Å². The molecule has 0 amide bonds. The molecule has 1 aromatic carbocycles. The number of nitrogens with zero attached hydrogens (tertiary/aromatic N) is 4. The summed E-state index contributed by atoms with van der Waals surface area (Å²) in [5, 5.41) is 14.0. The number of benzene rings is 1. The van der Waals surface area contributed by atoms with Gasteiger partial charge in [0.05, 0.1) is 16.4 Å². The Morgan fingerprint density at radius 3 is 2.53 bits per heavy atom. The molecule has 0 saturated carbocycles. The van der Waals surface area contributed by atoms with Gasteiger partial charge in [0.1, 0.15) is 16.3 Å². The van der Waals surface area contributed by atoms with Crippen molar-refractivity contribution in [1.29, 1.82) is 5.26 Å². The summed E-state index contributed by atoms with van der Waals surface area (Å²) in [6, 6.07) is 7.74. The van der Waals surface area contributed by atoms with Gasteiger partial charge in [0.15, 0.2) is 5.78 Å². The molecule has 0 aliphatic heterocycles. The molecule has 0 aliphatic carbocycles. The van der Waals surface area contributed by atoms with Gasteiger partial charge in [-0.25, -0.2) is 0 Å². The molecule has 3 aromatic rings. The molecule has 0 unspecified atom stereocenters. The molecule has 7 heteroatoms. The van der Waals surface area contributed by atoms with Crippen molar-refractivity contribution >= 4 is 28.8 Å². The Hall–Kier alpha value is -3.24. The zero-order chi connectivity index (χ0) is 22.2. The van der Waals surface area contributed by atoms with E-state index in [1.807, 2.05) is 32.0 Å². The fourth-order valence-electron chi connectivity index (χ4n) is 3.08. The maximum Gasteiger partial charge on any atom is 0.273 e. The van der Waals surface area contributed by atoms with Crippen molar-refractivity contribution in [2.45, 2.75) is 34.6 Å². The minimum absolute atomic E-state index is 0.00339. The fraction of sp³-hybridized carbons (Fsp3) is 0.304. The van der Waals surface area contributed by atoms with E-state index in [0.29, 0.717) is 14.9 Å². The van der Waals surface area contributed by atoms with Crippen molar-refractivity contribution < 1.29 is 4.79 Å². The lowest BCUT2D eigenvalue weighted by atomic mass is 9.87. The third-order valence-electron chi connectivity index (χ3n) is 4.90. The van der Waals surface area contributed by atoms with Crippen LogP contribution in [0.25, 0.3) is 17.3 Å². The van der Waals surface area contributed by atoms with Gasteiger partial charge in [0.2, 0.25) is 0 Å². The number of thiazole rings is 1. The molecule has 3 rings (SSSR count). The fourth-order valence-corrected chi connectivity index (χ4v) is 4.18. The summed E-state index contributed by atoms with van der Waals surface area (Å²) < 4.78 is 3.94. The highest BCUT2D eigenvalue weighted by Crippen LogP contribution is 2.20. The number of carbonyl (C=O) groups is 1. The van der Waals surface area contributed by atoms with E-state index >= 15 is 0 Å². The first-order valence-corrected chi connectivity index (χ1v) is 10.3. The Labute approximate surface area is 179 Å². The standard InChI is InChI=1S/C23H24N4O2S/c1-14-8-7-9-18(15(14)2)27-21(29)19(10-16-12-25-26(6)13-16)30-22(27)17(11-24)20(28)23(3,4)5/h7-10,12-13H,1-6H3/b19-10-,22-17-. The second-order valence-electron chi connectivity index (χ2n) is 8.29. The molecule has 0 saturated heterocycles. The van der Waals surface area contributed by atoms with Crippen molar-refractivity contribution in [2.75, 3.05) is 0 Å². The number of aromatic nitrogens is 3. The average Bonchev–Trinajstić information content (AvgIpc) is 3.21. The van der Waals surface area contributed by atoms with Crippen LogP contribution in [0.15, 0.2) is 35.4 Å². The van der Waals surface area contributed by atoms with Gasteiger partial charge in [0, 0.05) is 24.2 Å². The maximum absolute atomic E-state index is 13.4. The predicted octanol–water partition coefficient (Wildman–Crippen LogP) is 2.37. The average molecular weight is 421 g/mol. The molecule has 0 N–H and O–H groups in total. The Morgan fingerprint density at radius 1 is 1.27 bits per heavy atom. The van der Waals surface area contributed by atoms with Crippen LogP contribution in [0.4, 0.5) is 0 Å². The van der Waals surface area contributed by atoms with Gasteiger partial charge in [-0.3, -0.25) is 18.8 Å². The van der Waals surface area contributed by atoms with Crippen molar-refractivity contribution in [2.24, 2.45) is 12.5 Å². The van der Waals surface area contributed by atoms with Crippen molar-refractivity contribution in [1.82, 2.24) is 14.3 Å². The summed E-state index contributed by atoms with van der Waals surface area (Å²) in [7, 11) is 1.80. The molecular formula is C23H24N4O2S. The van der Waals surface area contributed by atoms with Gasteiger partial charge in [0.25, 0.3) is 5.56 Å². The first kappa shape index (κ1) is 21.5. The van der Waals surface area contributed by atoms with Crippen molar-refractivity contribution in [3.63, 3.8) is 0 Å². The Morgan fingerprint density at radius 2 is 1.97 bits per heavy atom. The highest BCUT2D eigenvalue weighted by molar-refractivity contribution is 7.07. The molecule has 154 valence electrons. The quantitative estimate of drug-likeness (QED) is 0.652. The van der Waals surface area contributed by atoms with E-state index in [1.54, 1.807) is 51.0 Å². The largest absolute Gasteiger partial charge is 0.293 e. The van der Waals surface area contributed by atoms with E-state index in [0.717, 1.165) is 28.0 Å². The van der Waals surface area contributed by atoms with Gasteiger partial charge in [-0.2, -0.15) is 10.4 Å². The molecule has 30 heavy (non-hydrogen) atoms. The minimum Gasteiger partial charge on any atom is -0.293 e. The summed E-state index contributed by atoms with van der Waals surface area (Å²) in [6.45, 7) is 9.20. The minimum atomic E-state index is -0.745. The molecule has 2 heterocycles. The third-order valence-corrected chi connectivity index (χ3v) is 5.99. The number of hydrogen-bond acceptors (Lipinski definition) is 5. The molecule has 2 aromatic heterocycles. The number of nitriles is 1. The monoisotopic (exact) mass is 420 g/mol. The van der Waals surface area contributed by atoms with E-state index in [-0.39, 0.29) is 16.9 Å². The lowest BCUT2D eigenvalue weighted by Crippen LogP contribution is -2.33. The Kier molecular flexibility index (Phi) is 5.64. The van der Waals surface area contributed by atoms with Crippen LogP contribution < -0.4 is 14.8 Å². The number of Topliss-reactive ketones (excluding diaryl/α,β-unsaturated/α-hetero) is 1. The van der Waals surface area contributed by atoms with Crippen LogP contribution in [0.2, 0.25) is 0 Å². The SMILES string of the molecule is Cc1cccc(-n2c(=O)/c(=C/c3cnn(C)c3)s/c2=C(/C#N)C(=O)C(C)(C)C)c1C. The van der Waals surface area contributed by atoms with Crippen LogP contribution in [-0.2, 0) is 11.8 Å². The number of carbonyl (C=O) groups excluding carboxylic acids is 1. The Balaban J connectivity index is 2.49. The van der Waals surface area contributed by atoms with E-state index in [1.165, 1.54) is 4.57 Å². The topological polar surface area (TPSA) is 80.7 Å². The van der Waals surface area contributed by atoms with E-state index in [2.05, 4.69) is 11.2 Å². The lowest BCUT2D eigenvalue weighted by Gasteiger charge is -2.16. The zero-order valence-electron chi connectivity index (χ0n) is 18.0. The maximum atomic E-state index is 13.4. The predicted molar refractivity (Wildman–Crippen MR) is 119 cm³/mol. The van der Waals surface area contributed by atoms with Gasteiger partial charge >= 0.3 is 0 Å². The molecule has 6 nitrogen and oxygen atoms in total. The second kappa shape index (κ2) is 7.88. The molecular weight excluding hydrogens is 396 g/mol. The number of aryl methyl sites for hydroxylation is 2. The summed E-state index contributed by atoms with van der Waals surface area (Å²) >= 11 is 1.15. The molecule has 0 fully saturated rings. The van der Waals surface area contributed by atoms with Gasteiger partial charge < -0.3 is 0 Å². The number of hydrogen-bond donors (Lipinski definition) is 0. The molecule has 0 aliphatic rings. The first-order chi connectivity index (χ1) is 14.0. The summed E-state index contributed by atoms with van der Waals surface area (Å²) in [5.74, 6) is -0.293. The molecule has 0 radical (unpaired) electrons. The lowest BCUT2D eigenvalue weighted by molar-refractivity contribution is -0.120. The van der Waals surface area contributed by atoms with Crippen molar-refractivity contribution in [3.8, 4) is 11.8 Å². The normalized spacial score (nSPS) is 13.3. The zero-order valence-corrected chi connectivity index (χ0v) is 18.8.